The average Bonchev–Trinajstić information content (AvgIpc) is 3.26. The SMILES string of the molecule is Cn1cc(-c2ccc3cnc(NC(=O)C4CCN(Cc5ccccn5)CC4)cc3c2)nn1. The Labute approximate surface area is 186 Å². The normalized spacial score (nSPS) is 15.2. The maximum Gasteiger partial charge on any atom is 0.228 e. The summed E-state index contributed by atoms with van der Waals surface area (Å²) in [5.41, 5.74) is 2.86. The van der Waals surface area contributed by atoms with Crippen molar-refractivity contribution < 1.29 is 4.79 Å². The van der Waals surface area contributed by atoms with E-state index in [-0.39, 0.29) is 11.8 Å². The lowest BCUT2D eigenvalue weighted by molar-refractivity contribution is -0.121. The number of hydrogen-bond donors (Lipinski definition) is 1. The molecule has 32 heavy (non-hydrogen) atoms. The van der Waals surface area contributed by atoms with Gasteiger partial charge in [-0.2, -0.15) is 0 Å². The third kappa shape index (κ3) is 4.50. The first-order valence-corrected chi connectivity index (χ1v) is 10.8. The minimum Gasteiger partial charge on any atom is -0.310 e. The van der Waals surface area contributed by atoms with Gasteiger partial charge in [0.2, 0.25) is 5.91 Å². The lowest BCUT2D eigenvalue weighted by Crippen LogP contribution is -2.38. The molecule has 8 nitrogen and oxygen atoms in total. The molecule has 0 atom stereocenters. The first-order valence-electron chi connectivity index (χ1n) is 10.8. The molecule has 0 saturated carbocycles. The third-order valence-electron chi connectivity index (χ3n) is 5.94. The lowest BCUT2D eigenvalue weighted by Gasteiger charge is -2.30. The summed E-state index contributed by atoms with van der Waals surface area (Å²) in [5.74, 6) is 0.618. The van der Waals surface area contributed by atoms with Gasteiger partial charge < -0.3 is 5.32 Å². The number of fused-ring (bicyclic) bond motifs is 1. The van der Waals surface area contributed by atoms with Crippen LogP contribution in [0, 0.1) is 5.92 Å². The summed E-state index contributed by atoms with van der Waals surface area (Å²) >= 11 is 0. The van der Waals surface area contributed by atoms with Gasteiger partial charge in [-0.15, -0.1) is 5.10 Å². The molecule has 1 fully saturated rings. The minimum absolute atomic E-state index is 0.00148. The van der Waals surface area contributed by atoms with Gasteiger partial charge in [-0.1, -0.05) is 23.4 Å². The van der Waals surface area contributed by atoms with Crippen molar-refractivity contribution in [2.24, 2.45) is 13.0 Å². The first kappa shape index (κ1) is 20.3. The van der Waals surface area contributed by atoms with E-state index >= 15 is 0 Å². The van der Waals surface area contributed by atoms with Crippen LogP contribution in [-0.4, -0.2) is 48.9 Å². The summed E-state index contributed by atoms with van der Waals surface area (Å²) in [6, 6.07) is 14.0. The lowest BCUT2D eigenvalue weighted by atomic mass is 9.95. The molecule has 1 N–H and O–H groups in total. The molecule has 4 heterocycles. The van der Waals surface area contributed by atoms with Gasteiger partial charge >= 0.3 is 0 Å². The fourth-order valence-electron chi connectivity index (χ4n) is 4.15. The third-order valence-corrected chi connectivity index (χ3v) is 5.94. The molecule has 1 aliphatic heterocycles. The Balaban J connectivity index is 1.22. The van der Waals surface area contributed by atoms with Crippen molar-refractivity contribution in [2.45, 2.75) is 19.4 Å². The molecular weight excluding hydrogens is 402 g/mol. The number of likely N-dealkylation sites (tertiary alicyclic amines) is 1. The molecule has 162 valence electrons. The monoisotopic (exact) mass is 427 g/mol. The summed E-state index contributed by atoms with van der Waals surface area (Å²) in [4.78, 5) is 24.0. The zero-order valence-electron chi connectivity index (χ0n) is 18.0. The second kappa shape index (κ2) is 8.84. The van der Waals surface area contributed by atoms with E-state index in [1.807, 2.05) is 61.9 Å². The van der Waals surface area contributed by atoms with Crippen molar-refractivity contribution in [2.75, 3.05) is 18.4 Å². The number of hydrogen-bond acceptors (Lipinski definition) is 6. The van der Waals surface area contributed by atoms with Crippen molar-refractivity contribution in [3.05, 3.63) is 66.7 Å². The predicted molar refractivity (Wildman–Crippen MR) is 123 cm³/mol. The smallest absolute Gasteiger partial charge is 0.228 e. The number of nitrogens with zero attached hydrogens (tertiary/aromatic N) is 6. The van der Waals surface area contributed by atoms with Gasteiger partial charge in [0.25, 0.3) is 0 Å². The fraction of sp³-hybridized carbons (Fsp3) is 0.292. The Morgan fingerprint density at radius 2 is 1.97 bits per heavy atom. The van der Waals surface area contributed by atoms with E-state index < -0.39 is 0 Å². The van der Waals surface area contributed by atoms with Gasteiger partial charge in [-0.05, 0) is 55.6 Å². The zero-order valence-corrected chi connectivity index (χ0v) is 18.0. The standard InChI is InChI=1S/C24H25N7O/c1-30-16-22(28-29-30)18-5-6-19-14-26-23(13-20(19)12-18)27-24(32)17-7-10-31(11-8-17)15-21-4-2-3-9-25-21/h2-6,9,12-14,16-17H,7-8,10-11,15H2,1H3,(H,26,27,32). The number of piperidine rings is 1. The van der Waals surface area contributed by atoms with Gasteiger partial charge in [-0.25, -0.2) is 4.98 Å². The molecule has 0 bridgehead atoms. The van der Waals surface area contributed by atoms with Crippen LogP contribution in [0.25, 0.3) is 22.0 Å². The molecule has 1 aromatic carbocycles. The highest BCUT2D eigenvalue weighted by Gasteiger charge is 2.25. The highest BCUT2D eigenvalue weighted by molar-refractivity contribution is 5.95. The number of amides is 1. The zero-order chi connectivity index (χ0) is 21.9. The van der Waals surface area contributed by atoms with E-state index in [0.29, 0.717) is 5.82 Å². The minimum atomic E-state index is -0.00148. The van der Waals surface area contributed by atoms with Crippen molar-refractivity contribution >= 4 is 22.5 Å². The average molecular weight is 428 g/mol. The summed E-state index contributed by atoms with van der Waals surface area (Å²) in [6.45, 7) is 2.61. The van der Waals surface area contributed by atoms with Crippen molar-refractivity contribution in [1.29, 1.82) is 0 Å². The van der Waals surface area contributed by atoms with E-state index in [1.54, 1.807) is 10.9 Å². The number of pyridine rings is 2. The van der Waals surface area contributed by atoms with Crippen LogP contribution in [0.4, 0.5) is 5.82 Å². The number of carbonyl (C=O) groups is 1. The maximum absolute atomic E-state index is 12.9. The molecule has 0 radical (unpaired) electrons. The number of benzene rings is 1. The summed E-state index contributed by atoms with van der Waals surface area (Å²) < 4.78 is 1.68. The second-order valence-electron chi connectivity index (χ2n) is 8.27. The van der Waals surface area contributed by atoms with E-state index in [9.17, 15) is 4.79 Å². The van der Waals surface area contributed by atoms with Crippen LogP contribution in [0.15, 0.2) is 61.1 Å². The van der Waals surface area contributed by atoms with E-state index in [2.05, 4.69) is 30.5 Å². The summed E-state index contributed by atoms with van der Waals surface area (Å²) in [7, 11) is 1.85. The number of carbonyl (C=O) groups excluding carboxylic acids is 1. The number of rotatable bonds is 5. The molecule has 1 aliphatic rings. The van der Waals surface area contributed by atoms with E-state index in [0.717, 1.165) is 60.2 Å². The second-order valence-corrected chi connectivity index (χ2v) is 8.27. The highest BCUT2D eigenvalue weighted by atomic mass is 16.1. The van der Waals surface area contributed by atoms with Crippen molar-refractivity contribution in [3.63, 3.8) is 0 Å². The topological polar surface area (TPSA) is 88.8 Å². The van der Waals surface area contributed by atoms with E-state index in [4.69, 9.17) is 0 Å². The highest BCUT2D eigenvalue weighted by Crippen LogP contribution is 2.25. The number of aryl methyl sites for hydroxylation is 1. The van der Waals surface area contributed by atoms with Gasteiger partial charge in [0, 0.05) is 42.9 Å². The van der Waals surface area contributed by atoms with Gasteiger partial charge in [0.05, 0.1) is 11.9 Å². The molecular formula is C24H25N7O. The fourth-order valence-corrected chi connectivity index (χ4v) is 4.15. The first-order chi connectivity index (χ1) is 15.6. The van der Waals surface area contributed by atoms with Gasteiger partial charge in [0.1, 0.15) is 11.5 Å². The van der Waals surface area contributed by atoms with Crippen LogP contribution in [0.1, 0.15) is 18.5 Å². The number of aromatic nitrogens is 5. The Hall–Kier alpha value is -3.65. The largest absolute Gasteiger partial charge is 0.310 e. The molecule has 1 amide bonds. The summed E-state index contributed by atoms with van der Waals surface area (Å²) in [6.07, 6.45) is 7.17. The quantitative estimate of drug-likeness (QED) is 0.526. The molecule has 0 unspecified atom stereocenters. The molecule has 5 rings (SSSR count). The van der Waals surface area contributed by atoms with Crippen molar-refractivity contribution in [3.8, 4) is 11.3 Å². The number of nitrogens with one attached hydrogen (secondary N) is 1. The molecule has 4 aromatic rings. The van der Waals surface area contributed by atoms with Gasteiger partial charge in [0.15, 0.2) is 0 Å². The Morgan fingerprint density at radius 1 is 1.09 bits per heavy atom. The number of anilines is 1. The van der Waals surface area contributed by atoms with Gasteiger partial charge in [-0.3, -0.25) is 19.4 Å². The summed E-state index contributed by atoms with van der Waals surface area (Å²) in [5, 5.41) is 13.2. The Kier molecular flexibility index (Phi) is 5.60. The van der Waals surface area contributed by atoms with Crippen LogP contribution >= 0.6 is 0 Å². The molecule has 0 spiro atoms. The predicted octanol–water partition coefficient (Wildman–Crippen LogP) is 3.28. The van der Waals surface area contributed by atoms with Crippen molar-refractivity contribution in [1.82, 2.24) is 29.9 Å². The molecule has 0 aliphatic carbocycles. The molecule has 3 aromatic heterocycles. The van der Waals surface area contributed by atoms with Crippen LogP contribution in [-0.2, 0) is 18.4 Å². The van der Waals surface area contributed by atoms with Crippen LogP contribution < -0.4 is 5.32 Å². The van der Waals surface area contributed by atoms with Crippen LogP contribution in [0.3, 0.4) is 0 Å². The van der Waals surface area contributed by atoms with Crippen LogP contribution in [0.2, 0.25) is 0 Å². The molecule has 8 heteroatoms. The maximum atomic E-state index is 12.9. The van der Waals surface area contributed by atoms with Crippen LogP contribution in [0.5, 0.6) is 0 Å². The Bertz CT molecular complexity index is 1230. The van der Waals surface area contributed by atoms with E-state index in [1.165, 1.54) is 0 Å². The molecule has 1 saturated heterocycles. The Morgan fingerprint density at radius 3 is 2.72 bits per heavy atom.